The Morgan fingerprint density at radius 3 is 2.60 bits per heavy atom. The molecule has 0 spiro atoms. The summed E-state index contributed by atoms with van der Waals surface area (Å²) in [6.45, 7) is 4.14. The Hall–Kier alpha value is -1.15. The number of rotatable bonds is 6. The van der Waals surface area contributed by atoms with Gasteiger partial charge in [-0.15, -0.1) is 0 Å². The molecule has 1 N–H and O–H groups in total. The van der Waals surface area contributed by atoms with Crippen LogP contribution in [-0.2, 0) is 6.42 Å². The summed E-state index contributed by atoms with van der Waals surface area (Å²) in [4.78, 5) is 0. The van der Waals surface area contributed by atoms with Gasteiger partial charge in [-0.1, -0.05) is 31.2 Å². The van der Waals surface area contributed by atoms with Gasteiger partial charge in [0.2, 0.25) is 0 Å². The quantitative estimate of drug-likeness (QED) is 0.558. The van der Waals surface area contributed by atoms with Gasteiger partial charge in [-0.3, -0.25) is 0 Å². The third-order valence-electron chi connectivity index (χ3n) is 2.17. The molecule has 15 heavy (non-hydrogen) atoms. The fraction of sp³-hybridized carbons (Fsp3) is 0.385. The van der Waals surface area contributed by atoms with Crippen LogP contribution in [-0.4, -0.2) is 13.1 Å². The van der Waals surface area contributed by atoms with Gasteiger partial charge in [-0.25, -0.2) is 4.39 Å². The molecule has 0 heterocycles. The van der Waals surface area contributed by atoms with Crippen LogP contribution in [0.25, 0.3) is 0 Å². The van der Waals surface area contributed by atoms with Gasteiger partial charge in [0.1, 0.15) is 5.82 Å². The van der Waals surface area contributed by atoms with Crippen molar-refractivity contribution in [3.05, 3.63) is 47.8 Å². The largest absolute Gasteiger partial charge is 0.317 e. The van der Waals surface area contributed by atoms with E-state index in [1.54, 1.807) is 0 Å². The highest BCUT2D eigenvalue weighted by atomic mass is 19.1. The first kappa shape index (κ1) is 11.9. The van der Waals surface area contributed by atoms with Crippen molar-refractivity contribution in [3.8, 4) is 0 Å². The molecule has 2 heteroatoms. The van der Waals surface area contributed by atoms with Gasteiger partial charge in [0.25, 0.3) is 0 Å². The average molecular weight is 207 g/mol. The lowest BCUT2D eigenvalue weighted by atomic mass is 10.1. The lowest BCUT2D eigenvalue weighted by Gasteiger charge is -1.97. The molecule has 0 saturated carbocycles. The molecule has 0 aliphatic heterocycles. The Morgan fingerprint density at radius 2 is 1.93 bits per heavy atom. The lowest BCUT2D eigenvalue weighted by Crippen LogP contribution is -2.12. The van der Waals surface area contributed by atoms with E-state index in [-0.39, 0.29) is 5.82 Å². The second-order valence-electron chi connectivity index (χ2n) is 3.44. The summed E-state index contributed by atoms with van der Waals surface area (Å²) in [5, 5.41) is 3.25. The first-order chi connectivity index (χ1) is 7.33. The van der Waals surface area contributed by atoms with Crippen molar-refractivity contribution in [2.45, 2.75) is 19.8 Å². The molecule has 0 bridgehead atoms. The monoisotopic (exact) mass is 207 g/mol. The predicted octanol–water partition coefficient (Wildman–Crippen LogP) is 2.92. The molecule has 0 atom stereocenters. The Bertz CT molecular complexity index is 290. The van der Waals surface area contributed by atoms with E-state index in [1.807, 2.05) is 12.1 Å². The number of benzene rings is 1. The number of allylic oxidation sites excluding steroid dienone is 1. The first-order valence-corrected chi connectivity index (χ1v) is 5.43. The third-order valence-corrected chi connectivity index (χ3v) is 2.17. The maximum atomic E-state index is 12.6. The molecule has 0 radical (unpaired) electrons. The summed E-state index contributed by atoms with van der Waals surface area (Å²) < 4.78 is 12.6. The summed E-state index contributed by atoms with van der Waals surface area (Å²) in [6.07, 6.45) is 6.22. The smallest absolute Gasteiger partial charge is 0.123 e. The van der Waals surface area contributed by atoms with Gasteiger partial charge in [0, 0.05) is 0 Å². The normalized spacial score (nSPS) is 11.1. The number of hydrogen-bond acceptors (Lipinski definition) is 1. The van der Waals surface area contributed by atoms with E-state index in [4.69, 9.17) is 0 Å². The zero-order valence-corrected chi connectivity index (χ0v) is 9.17. The fourth-order valence-corrected chi connectivity index (χ4v) is 1.32. The van der Waals surface area contributed by atoms with Crippen molar-refractivity contribution in [1.82, 2.24) is 5.32 Å². The van der Waals surface area contributed by atoms with E-state index in [1.165, 1.54) is 12.1 Å². The molecule has 0 saturated heterocycles. The molecule has 1 aromatic carbocycles. The minimum absolute atomic E-state index is 0.171. The number of hydrogen-bond donors (Lipinski definition) is 1. The van der Waals surface area contributed by atoms with Crippen LogP contribution >= 0.6 is 0 Å². The zero-order chi connectivity index (χ0) is 10.9. The second-order valence-corrected chi connectivity index (χ2v) is 3.44. The molecule has 0 aliphatic carbocycles. The summed E-state index contributed by atoms with van der Waals surface area (Å²) in [6, 6.07) is 6.65. The minimum atomic E-state index is -0.171. The Morgan fingerprint density at radius 1 is 1.20 bits per heavy atom. The first-order valence-electron chi connectivity index (χ1n) is 5.43. The standard InChI is InChI=1S/C13H18FN/c1-2-15-11-5-3-4-6-12-7-9-13(14)10-8-12/h3-4,7-10,15H,2,5-6,11H2,1H3. The van der Waals surface area contributed by atoms with E-state index in [2.05, 4.69) is 24.4 Å². The minimum Gasteiger partial charge on any atom is -0.317 e. The highest BCUT2D eigenvalue weighted by Gasteiger charge is 1.90. The molecular weight excluding hydrogens is 189 g/mol. The molecule has 1 rings (SSSR count). The van der Waals surface area contributed by atoms with Crippen LogP contribution in [0.3, 0.4) is 0 Å². The summed E-state index contributed by atoms with van der Waals surface area (Å²) in [5.74, 6) is -0.171. The Labute approximate surface area is 91.0 Å². The van der Waals surface area contributed by atoms with Crippen molar-refractivity contribution in [2.75, 3.05) is 13.1 Å². The fourth-order valence-electron chi connectivity index (χ4n) is 1.32. The van der Waals surface area contributed by atoms with Gasteiger partial charge >= 0.3 is 0 Å². The van der Waals surface area contributed by atoms with Crippen LogP contribution in [0.15, 0.2) is 36.4 Å². The van der Waals surface area contributed by atoms with E-state index in [0.29, 0.717) is 0 Å². The molecule has 0 aliphatic rings. The average Bonchev–Trinajstić information content (AvgIpc) is 2.26. The molecule has 0 unspecified atom stereocenters. The third kappa shape index (κ3) is 5.33. The van der Waals surface area contributed by atoms with Crippen LogP contribution in [0.1, 0.15) is 18.9 Å². The second kappa shape index (κ2) is 7.18. The molecule has 82 valence electrons. The molecule has 0 fully saturated rings. The van der Waals surface area contributed by atoms with Crippen LogP contribution in [0.2, 0.25) is 0 Å². The van der Waals surface area contributed by atoms with Crippen LogP contribution in [0.5, 0.6) is 0 Å². The molecule has 1 nitrogen and oxygen atoms in total. The van der Waals surface area contributed by atoms with Crippen molar-refractivity contribution in [1.29, 1.82) is 0 Å². The summed E-state index contributed by atoms with van der Waals surface area (Å²) >= 11 is 0. The molecule has 0 aromatic heterocycles. The molecular formula is C13H18FN. The van der Waals surface area contributed by atoms with Crippen LogP contribution in [0.4, 0.5) is 4.39 Å². The summed E-state index contributed by atoms with van der Waals surface area (Å²) in [7, 11) is 0. The van der Waals surface area contributed by atoms with Crippen LogP contribution < -0.4 is 5.32 Å². The topological polar surface area (TPSA) is 12.0 Å². The molecule has 0 amide bonds. The van der Waals surface area contributed by atoms with Crippen molar-refractivity contribution < 1.29 is 4.39 Å². The SMILES string of the molecule is CCNCCC=CCc1ccc(F)cc1. The lowest BCUT2D eigenvalue weighted by molar-refractivity contribution is 0.627. The summed E-state index contributed by atoms with van der Waals surface area (Å²) in [5.41, 5.74) is 1.15. The highest BCUT2D eigenvalue weighted by Crippen LogP contribution is 2.03. The van der Waals surface area contributed by atoms with E-state index >= 15 is 0 Å². The van der Waals surface area contributed by atoms with Gasteiger partial charge in [-0.2, -0.15) is 0 Å². The maximum Gasteiger partial charge on any atom is 0.123 e. The van der Waals surface area contributed by atoms with E-state index < -0.39 is 0 Å². The molecule has 1 aromatic rings. The van der Waals surface area contributed by atoms with Crippen molar-refractivity contribution in [2.24, 2.45) is 0 Å². The number of halogens is 1. The zero-order valence-electron chi connectivity index (χ0n) is 9.17. The van der Waals surface area contributed by atoms with Crippen molar-refractivity contribution >= 4 is 0 Å². The van der Waals surface area contributed by atoms with Gasteiger partial charge < -0.3 is 5.32 Å². The Kier molecular flexibility index (Phi) is 5.71. The van der Waals surface area contributed by atoms with Gasteiger partial charge in [-0.05, 0) is 43.6 Å². The van der Waals surface area contributed by atoms with Crippen molar-refractivity contribution in [3.63, 3.8) is 0 Å². The van der Waals surface area contributed by atoms with E-state index in [0.717, 1.165) is 31.5 Å². The van der Waals surface area contributed by atoms with Gasteiger partial charge in [0.15, 0.2) is 0 Å². The number of nitrogens with one attached hydrogen (secondary N) is 1. The van der Waals surface area contributed by atoms with Crippen LogP contribution in [0, 0.1) is 5.82 Å². The van der Waals surface area contributed by atoms with Gasteiger partial charge in [0.05, 0.1) is 0 Å². The Balaban J connectivity index is 2.22. The predicted molar refractivity (Wildman–Crippen MR) is 62.4 cm³/mol. The maximum absolute atomic E-state index is 12.6. The highest BCUT2D eigenvalue weighted by molar-refractivity contribution is 5.18. The van der Waals surface area contributed by atoms with E-state index in [9.17, 15) is 4.39 Å².